The van der Waals surface area contributed by atoms with Gasteiger partial charge in [-0.15, -0.1) is 0 Å². The number of hydrogen-bond donors (Lipinski definition) is 4. The van der Waals surface area contributed by atoms with Gasteiger partial charge in [0.15, 0.2) is 0 Å². The standard InChI is InChI=1S/C20H22N2O4.2C2H6/c23-17-11-5-1-7-13(17)19(25)21-15-9-3-4-10-16(15)22-20(26)14-8-2-6-12-18(14)24;2*1-2/h1-2,5-8,11-12,15-16,23-24H,3-4,9-10H2,(H,21,25)(H,22,26);2*1-2H3/t15-,16?;;/m0../s1. The van der Waals surface area contributed by atoms with E-state index in [1.54, 1.807) is 36.4 Å². The first-order valence-corrected chi connectivity index (χ1v) is 10.7. The van der Waals surface area contributed by atoms with Gasteiger partial charge in [-0.2, -0.15) is 0 Å². The number of carbonyl (C=O) groups excluding carboxylic acids is 2. The Hall–Kier alpha value is -3.02. The third-order valence-electron chi connectivity index (χ3n) is 4.70. The summed E-state index contributed by atoms with van der Waals surface area (Å²) in [7, 11) is 0. The van der Waals surface area contributed by atoms with Gasteiger partial charge < -0.3 is 20.8 Å². The molecule has 1 aliphatic rings. The lowest BCUT2D eigenvalue weighted by atomic mass is 9.89. The second kappa shape index (κ2) is 13.2. The summed E-state index contributed by atoms with van der Waals surface area (Å²) < 4.78 is 0. The van der Waals surface area contributed by atoms with E-state index in [0.717, 1.165) is 25.7 Å². The molecule has 0 bridgehead atoms. The van der Waals surface area contributed by atoms with Crippen molar-refractivity contribution in [3.8, 4) is 11.5 Å². The number of aromatic hydroxyl groups is 2. The van der Waals surface area contributed by atoms with E-state index in [1.165, 1.54) is 12.1 Å². The molecule has 3 rings (SSSR count). The number of phenolic OH excluding ortho intramolecular Hbond substituents is 2. The Labute approximate surface area is 179 Å². The maximum Gasteiger partial charge on any atom is 0.255 e. The van der Waals surface area contributed by atoms with Gasteiger partial charge in [0.1, 0.15) is 11.5 Å². The summed E-state index contributed by atoms with van der Waals surface area (Å²) >= 11 is 0. The molecule has 0 aromatic heterocycles. The molecule has 0 heterocycles. The van der Waals surface area contributed by atoms with Gasteiger partial charge in [0.2, 0.25) is 0 Å². The molecule has 2 aromatic rings. The van der Waals surface area contributed by atoms with Crippen molar-refractivity contribution >= 4 is 11.8 Å². The zero-order chi connectivity index (χ0) is 22.5. The molecule has 2 aromatic carbocycles. The Morgan fingerprint density at radius 1 is 0.700 bits per heavy atom. The van der Waals surface area contributed by atoms with Crippen LogP contribution in [0.25, 0.3) is 0 Å². The van der Waals surface area contributed by atoms with Crippen molar-refractivity contribution in [2.24, 2.45) is 0 Å². The van der Waals surface area contributed by atoms with Crippen LogP contribution in [0.5, 0.6) is 11.5 Å². The van der Waals surface area contributed by atoms with E-state index in [-0.39, 0.29) is 46.5 Å². The third kappa shape index (κ3) is 6.79. The number of hydrogen-bond acceptors (Lipinski definition) is 4. The Morgan fingerprint density at radius 3 is 1.37 bits per heavy atom. The molecule has 0 spiro atoms. The predicted molar refractivity (Wildman–Crippen MR) is 120 cm³/mol. The molecule has 2 amide bonds. The summed E-state index contributed by atoms with van der Waals surface area (Å²) in [5.41, 5.74) is 0.424. The van der Waals surface area contributed by atoms with Crippen molar-refractivity contribution in [1.82, 2.24) is 10.6 Å². The first-order chi connectivity index (χ1) is 14.6. The molecular weight excluding hydrogens is 380 g/mol. The van der Waals surface area contributed by atoms with Gasteiger partial charge >= 0.3 is 0 Å². The van der Waals surface area contributed by atoms with Crippen LogP contribution in [-0.2, 0) is 0 Å². The van der Waals surface area contributed by atoms with E-state index in [2.05, 4.69) is 10.6 Å². The van der Waals surface area contributed by atoms with Crippen LogP contribution in [0.2, 0.25) is 0 Å². The third-order valence-corrected chi connectivity index (χ3v) is 4.70. The number of phenols is 2. The second-order valence-corrected chi connectivity index (χ2v) is 6.48. The quantitative estimate of drug-likeness (QED) is 0.587. The summed E-state index contributed by atoms with van der Waals surface area (Å²) in [6, 6.07) is 12.3. The van der Waals surface area contributed by atoms with E-state index in [1.807, 2.05) is 27.7 Å². The van der Waals surface area contributed by atoms with Gasteiger partial charge in [0.25, 0.3) is 11.8 Å². The lowest BCUT2D eigenvalue weighted by Crippen LogP contribution is -2.53. The van der Waals surface area contributed by atoms with Crippen molar-refractivity contribution in [2.75, 3.05) is 0 Å². The summed E-state index contributed by atoms with van der Waals surface area (Å²) in [5, 5.41) is 25.5. The monoisotopic (exact) mass is 414 g/mol. The number of para-hydroxylation sites is 2. The summed E-state index contributed by atoms with van der Waals surface area (Å²) in [6.07, 6.45) is 3.39. The van der Waals surface area contributed by atoms with E-state index in [9.17, 15) is 19.8 Å². The van der Waals surface area contributed by atoms with Crippen LogP contribution in [0, 0.1) is 0 Å². The number of carbonyl (C=O) groups is 2. The van der Waals surface area contributed by atoms with E-state index in [4.69, 9.17) is 0 Å². The molecule has 1 aliphatic carbocycles. The lowest BCUT2D eigenvalue weighted by molar-refractivity contribution is 0.0859. The molecule has 0 saturated heterocycles. The molecule has 30 heavy (non-hydrogen) atoms. The smallest absolute Gasteiger partial charge is 0.255 e. The van der Waals surface area contributed by atoms with E-state index < -0.39 is 0 Å². The van der Waals surface area contributed by atoms with Crippen LogP contribution in [0.3, 0.4) is 0 Å². The Bertz CT molecular complexity index is 740. The first-order valence-electron chi connectivity index (χ1n) is 10.7. The number of amides is 2. The minimum absolute atomic E-state index is 0.0735. The van der Waals surface area contributed by atoms with Crippen molar-refractivity contribution in [1.29, 1.82) is 0 Å². The molecule has 164 valence electrons. The zero-order valence-electron chi connectivity index (χ0n) is 18.3. The molecule has 0 radical (unpaired) electrons. The fourth-order valence-electron chi connectivity index (χ4n) is 3.30. The van der Waals surface area contributed by atoms with Crippen molar-refractivity contribution in [3.05, 3.63) is 59.7 Å². The first kappa shape index (κ1) is 25.0. The van der Waals surface area contributed by atoms with Gasteiger partial charge in [-0.1, -0.05) is 64.8 Å². The molecule has 2 atom stereocenters. The van der Waals surface area contributed by atoms with Crippen LogP contribution in [0.1, 0.15) is 74.1 Å². The van der Waals surface area contributed by atoms with Crippen molar-refractivity contribution in [3.63, 3.8) is 0 Å². The average Bonchev–Trinajstić information content (AvgIpc) is 2.78. The van der Waals surface area contributed by atoms with Crippen LogP contribution in [0.4, 0.5) is 0 Å². The maximum absolute atomic E-state index is 12.5. The molecule has 6 nitrogen and oxygen atoms in total. The Kier molecular flexibility index (Phi) is 11.0. The maximum atomic E-state index is 12.5. The molecular formula is C24H34N2O4. The highest BCUT2D eigenvalue weighted by Gasteiger charge is 2.29. The Morgan fingerprint density at radius 2 is 1.03 bits per heavy atom. The summed E-state index contributed by atoms with van der Waals surface area (Å²) in [5.74, 6) is -0.875. The number of benzene rings is 2. The fourth-order valence-corrected chi connectivity index (χ4v) is 3.30. The zero-order valence-corrected chi connectivity index (χ0v) is 18.3. The largest absolute Gasteiger partial charge is 0.507 e. The summed E-state index contributed by atoms with van der Waals surface area (Å²) in [4.78, 5) is 24.9. The topological polar surface area (TPSA) is 98.7 Å². The molecule has 4 N–H and O–H groups in total. The lowest BCUT2D eigenvalue weighted by Gasteiger charge is -2.33. The van der Waals surface area contributed by atoms with Gasteiger partial charge in [-0.05, 0) is 37.1 Å². The number of rotatable bonds is 4. The molecule has 0 aliphatic heterocycles. The van der Waals surface area contributed by atoms with Crippen molar-refractivity contribution in [2.45, 2.75) is 65.5 Å². The average molecular weight is 415 g/mol. The molecule has 6 heteroatoms. The highest BCUT2D eigenvalue weighted by molar-refractivity contribution is 5.98. The van der Waals surface area contributed by atoms with E-state index in [0.29, 0.717) is 0 Å². The molecule has 1 fully saturated rings. The minimum Gasteiger partial charge on any atom is -0.507 e. The minimum atomic E-state index is -0.364. The Balaban J connectivity index is 0.00000106. The van der Waals surface area contributed by atoms with Crippen LogP contribution in [0.15, 0.2) is 48.5 Å². The highest BCUT2D eigenvalue weighted by Crippen LogP contribution is 2.22. The normalized spacial score (nSPS) is 17.3. The highest BCUT2D eigenvalue weighted by atomic mass is 16.3. The number of nitrogens with one attached hydrogen (secondary N) is 2. The second-order valence-electron chi connectivity index (χ2n) is 6.48. The van der Waals surface area contributed by atoms with Gasteiger partial charge in [-0.25, -0.2) is 0 Å². The predicted octanol–water partition coefficient (Wildman–Crippen LogP) is 4.62. The molecule has 1 saturated carbocycles. The van der Waals surface area contributed by atoms with Crippen LogP contribution in [-0.4, -0.2) is 34.1 Å². The van der Waals surface area contributed by atoms with Gasteiger partial charge in [0.05, 0.1) is 11.1 Å². The van der Waals surface area contributed by atoms with Crippen LogP contribution >= 0.6 is 0 Å². The van der Waals surface area contributed by atoms with E-state index >= 15 is 0 Å². The SMILES string of the molecule is CC.CC.O=C(NC1CCCC[C@@H]1NC(=O)c1ccccc1O)c1ccccc1O. The fraction of sp³-hybridized carbons (Fsp3) is 0.417. The van der Waals surface area contributed by atoms with Crippen molar-refractivity contribution < 1.29 is 19.8 Å². The van der Waals surface area contributed by atoms with Gasteiger partial charge in [-0.3, -0.25) is 9.59 Å². The summed E-state index contributed by atoms with van der Waals surface area (Å²) in [6.45, 7) is 8.00. The van der Waals surface area contributed by atoms with Gasteiger partial charge in [0, 0.05) is 12.1 Å². The van der Waals surface area contributed by atoms with Crippen LogP contribution < -0.4 is 10.6 Å². The molecule has 1 unspecified atom stereocenters.